The lowest BCUT2D eigenvalue weighted by Gasteiger charge is -2.47. The number of nitrogens with zero attached hydrogens (tertiary/aromatic N) is 9. The van der Waals surface area contributed by atoms with Gasteiger partial charge in [0.25, 0.3) is 0 Å². The van der Waals surface area contributed by atoms with Crippen molar-refractivity contribution in [2.45, 2.75) is 209 Å². The van der Waals surface area contributed by atoms with Gasteiger partial charge in [0, 0.05) is 53.3 Å². The summed E-state index contributed by atoms with van der Waals surface area (Å²) in [5.74, 6) is 12.2. The largest absolute Gasteiger partial charge is 0.425 e. The van der Waals surface area contributed by atoms with Gasteiger partial charge in [-0.05, 0) is 209 Å². The zero-order valence-corrected chi connectivity index (χ0v) is 37.5. The molecule has 0 bridgehead atoms. The third-order valence-corrected chi connectivity index (χ3v) is 18.3. The van der Waals surface area contributed by atoms with E-state index in [9.17, 15) is 15.8 Å². The average Bonchev–Trinajstić information content (AvgIpc) is 4.17. The fourth-order valence-corrected chi connectivity index (χ4v) is 14.3. The summed E-state index contributed by atoms with van der Waals surface area (Å²) in [5.41, 5.74) is 0. The standard InChI is InChI=1S/C51H69N9O3/c52-28-31-1-7-37(8-2-31)46-55-58-49(61-46)40-19-13-34(14-20-40)43-25-44(35-15-21-41(22-16-35)50-59-56-47(62-50)38-9-3-32(29-53)4-10-38)27-45(26-43)36-17-23-42(24-18-36)51-60-57-48(63-51)39-11-5-33(30-54)6-12-39/h31-45H,1-27H2. The van der Waals surface area contributed by atoms with Gasteiger partial charge < -0.3 is 13.3 Å². The summed E-state index contributed by atoms with van der Waals surface area (Å²) in [6.45, 7) is 0. The lowest BCUT2D eigenvalue weighted by molar-refractivity contribution is 0.0380. The van der Waals surface area contributed by atoms with Crippen molar-refractivity contribution in [2.24, 2.45) is 53.3 Å². The molecular formula is C51H69N9O3. The van der Waals surface area contributed by atoms with Crippen molar-refractivity contribution < 1.29 is 13.3 Å². The van der Waals surface area contributed by atoms with E-state index in [4.69, 9.17) is 13.3 Å². The molecule has 10 rings (SSSR count). The summed E-state index contributed by atoms with van der Waals surface area (Å²) >= 11 is 0. The molecule has 0 radical (unpaired) electrons. The highest BCUT2D eigenvalue weighted by Gasteiger charge is 2.43. The van der Waals surface area contributed by atoms with Crippen LogP contribution in [0.25, 0.3) is 0 Å². The Hall–Kier alpha value is -4.11. The van der Waals surface area contributed by atoms with Crippen LogP contribution in [0.5, 0.6) is 0 Å². The van der Waals surface area contributed by atoms with Crippen LogP contribution in [-0.4, -0.2) is 30.6 Å². The lowest BCUT2D eigenvalue weighted by atomic mass is 9.58. The molecule has 7 aliphatic carbocycles. The Bertz CT molecular complexity index is 1820. The predicted molar refractivity (Wildman–Crippen MR) is 232 cm³/mol. The smallest absolute Gasteiger partial charge is 0.219 e. The molecule has 336 valence electrons. The maximum atomic E-state index is 9.36. The van der Waals surface area contributed by atoms with Gasteiger partial charge in [-0.3, -0.25) is 0 Å². The van der Waals surface area contributed by atoms with E-state index in [0.717, 1.165) is 186 Å². The van der Waals surface area contributed by atoms with Crippen LogP contribution in [-0.2, 0) is 0 Å². The van der Waals surface area contributed by atoms with Crippen LogP contribution >= 0.6 is 0 Å². The van der Waals surface area contributed by atoms with Gasteiger partial charge in [-0.25, -0.2) is 0 Å². The van der Waals surface area contributed by atoms with Gasteiger partial charge in [0.1, 0.15) is 0 Å². The summed E-state index contributed by atoms with van der Waals surface area (Å²) in [4.78, 5) is 0. The zero-order chi connectivity index (χ0) is 42.7. The van der Waals surface area contributed by atoms with Crippen LogP contribution in [0.4, 0.5) is 0 Å². The first-order chi connectivity index (χ1) is 31.0. The monoisotopic (exact) mass is 856 g/mol. The van der Waals surface area contributed by atoms with Crippen molar-refractivity contribution in [2.75, 3.05) is 0 Å². The molecule has 7 aliphatic rings. The van der Waals surface area contributed by atoms with Crippen LogP contribution < -0.4 is 0 Å². The molecule has 7 fully saturated rings. The highest BCUT2D eigenvalue weighted by atomic mass is 16.4. The van der Waals surface area contributed by atoms with E-state index >= 15 is 0 Å². The first kappa shape index (κ1) is 42.8. The second-order valence-electron chi connectivity index (χ2n) is 21.8. The molecule has 12 heteroatoms. The van der Waals surface area contributed by atoms with E-state index in [-0.39, 0.29) is 17.8 Å². The van der Waals surface area contributed by atoms with Gasteiger partial charge >= 0.3 is 0 Å². The first-order valence-corrected chi connectivity index (χ1v) is 25.7. The Morgan fingerprint density at radius 3 is 0.651 bits per heavy atom. The highest BCUT2D eigenvalue weighted by molar-refractivity contribution is 5.05. The molecule has 12 nitrogen and oxygen atoms in total. The molecule has 0 saturated heterocycles. The Morgan fingerprint density at radius 2 is 0.460 bits per heavy atom. The lowest BCUT2D eigenvalue weighted by Crippen LogP contribution is -2.37. The van der Waals surface area contributed by atoms with Crippen molar-refractivity contribution in [3.05, 3.63) is 35.3 Å². The van der Waals surface area contributed by atoms with Crippen molar-refractivity contribution in [1.29, 1.82) is 15.8 Å². The van der Waals surface area contributed by atoms with Gasteiger partial charge in [0.15, 0.2) is 0 Å². The topological polar surface area (TPSA) is 188 Å². The first-order valence-electron chi connectivity index (χ1n) is 25.7. The molecule has 3 heterocycles. The summed E-state index contributed by atoms with van der Waals surface area (Å²) < 4.78 is 19.2. The Kier molecular flexibility index (Phi) is 13.3. The van der Waals surface area contributed by atoms with Crippen molar-refractivity contribution >= 4 is 0 Å². The molecule has 0 unspecified atom stereocenters. The van der Waals surface area contributed by atoms with Crippen molar-refractivity contribution in [1.82, 2.24) is 30.6 Å². The van der Waals surface area contributed by atoms with E-state index in [1.165, 1.54) is 57.8 Å². The number of aromatic nitrogens is 6. The molecule has 0 amide bonds. The zero-order valence-electron chi connectivity index (χ0n) is 37.5. The van der Waals surface area contributed by atoms with E-state index < -0.39 is 0 Å². The van der Waals surface area contributed by atoms with Gasteiger partial charge in [-0.15, -0.1) is 30.6 Å². The fourth-order valence-electron chi connectivity index (χ4n) is 14.3. The molecule has 3 aromatic heterocycles. The molecule has 0 aliphatic heterocycles. The van der Waals surface area contributed by atoms with Crippen LogP contribution in [0.2, 0.25) is 0 Å². The maximum absolute atomic E-state index is 9.36. The van der Waals surface area contributed by atoms with E-state index in [2.05, 4.69) is 48.8 Å². The van der Waals surface area contributed by atoms with Crippen LogP contribution in [0.15, 0.2) is 13.3 Å². The summed E-state index contributed by atoms with van der Waals surface area (Å²) in [6, 6.07) is 7.35. The van der Waals surface area contributed by atoms with E-state index in [0.29, 0.717) is 35.5 Å². The van der Waals surface area contributed by atoms with Crippen LogP contribution in [0.1, 0.15) is 244 Å². The Labute approximate surface area is 374 Å². The molecule has 0 spiro atoms. The highest BCUT2D eigenvalue weighted by Crippen LogP contribution is 2.54. The molecule has 7 saturated carbocycles. The second kappa shape index (κ2) is 19.6. The minimum Gasteiger partial charge on any atom is -0.425 e. The summed E-state index contributed by atoms with van der Waals surface area (Å²) in [5, 5.41) is 55.6. The third-order valence-electron chi connectivity index (χ3n) is 18.3. The number of nitriles is 3. The molecule has 3 aromatic rings. The normalized spacial score (nSPS) is 39.1. The fraction of sp³-hybridized carbons (Fsp3) is 0.824. The minimum atomic E-state index is 0.178. The Morgan fingerprint density at radius 1 is 0.270 bits per heavy atom. The van der Waals surface area contributed by atoms with E-state index in [1.54, 1.807) is 0 Å². The van der Waals surface area contributed by atoms with Gasteiger partial charge in [0.2, 0.25) is 35.3 Å². The average molecular weight is 856 g/mol. The Balaban J connectivity index is 0.770. The number of hydrogen-bond donors (Lipinski definition) is 0. The van der Waals surface area contributed by atoms with Crippen LogP contribution in [0.3, 0.4) is 0 Å². The van der Waals surface area contributed by atoms with Crippen molar-refractivity contribution in [3.8, 4) is 18.2 Å². The maximum Gasteiger partial charge on any atom is 0.219 e. The molecule has 0 atom stereocenters. The minimum absolute atomic E-state index is 0.178. The molecular weight excluding hydrogens is 787 g/mol. The van der Waals surface area contributed by atoms with Crippen LogP contribution in [0, 0.1) is 87.3 Å². The molecule has 63 heavy (non-hydrogen) atoms. The summed E-state index contributed by atoms with van der Waals surface area (Å²) in [6.07, 6.45) is 30.1. The molecule has 0 N–H and O–H groups in total. The quantitative estimate of drug-likeness (QED) is 0.198. The predicted octanol–water partition coefficient (Wildman–Crippen LogP) is 12.5. The third kappa shape index (κ3) is 9.65. The number of hydrogen-bond acceptors (Lipinski definition) is 12. The summed E-state index contributed by atoms with van der Waals surface area (Å²) in [7, 11) is 0. The SMILES string of the molecule is N#CC1CCC(c2nnc(C3CCC(C4CC(C5CCC(c6nnc(C7CCC(C#N)CC7)o6)CC5)CC(C5CCC(c6nnc(C7CCC(C#N)CC7)o6)CC5)C4)CC3)o2)CC1. The second-order valence-corrected chi connectivity index (χ2v) is 21.8. The van der Waals surface area contributed by atoms with Gasteiger partial charge in [-0.2, -0.15) is 15.8 Å². The number of rotatable bonds is 9. The van der Waals surface area contributed by atoms with Gasteiger partial charge in [-0.1, -0.05) is 0 Å². The van der Waals surface area contributed by atoms with Crippen molar-refractivity contribution in [3.63, 3.8) is 0 Å². The van der Waals surface area contributed by atoms with E-state index in [1.807, 2.05) is 0 Å². The molecule has 0 aromatic carbocycles. The van der Waals surface area contributed by atoms with Gasteiger partial charge in [0.05, 0.1) is 18.2 Å².